The summed E-state index contributed by atoms with van der Waals surface area (Å²) in [5, 5.41) is 0. The van der Waals surface area contributed by atoms with Gasteiger partial charge in [0.2, 0.25) is 0 Å². The molecule has 0 fully saturated rings. The molecule has 0 saturated heterocycles. The molecule has 4 heteroatoms. The monoisotopic (exact) mass is 252 g/mol. The number of carbonyl (C=O) groups is 1. The van der Waals surface area contributed by atoms with Gasteiger partial charge in [-0.25, -0.2) is 0 Å². The Morgan fingerprint density at radius 1 is 1.31 bits per heavy atom. The summed E-state index contributed by atoms with van der Waals surface area (Å²) in [7, 11) is 2.93. The number of hydrogen-bond acceptors (Lipinski definition) is 3. The molecule has 0 spiro atoms. The summed E-state index contributed by atoms with van der Waals surface area (Å²) in [6.07, 6.45) is 0. The number of ether oxygens (including phenoxy) is 2. The topological polar surface area (TPSA) is 35.5 Å². The van der Waals surface area contributed by atoms with Crippen molar-refractivity contribution in [2.75, 3.05) is 20.8 Å². The first-order chi connectivity index (χ1) is 5.79. The first-order valence-corrected chi connectivity index (χ1v) is 4.85. The lowest BCUT2D eigenvalue weighted by molar-refractivity contribution is -0.148. The van der Waals surface area contributed by atoms with Crippen LogP contribution in [0.5, 0.6) is 0 Å². The molecule has 78 valence electrons. The third-order valence-electron chi connectivity index (χ3n) is 2.04. The van der Waals surface area contributed by atoms with Crippen molar-refractivity contribution in [1.82, 2.24) is 0 Å². The lowest BCUT2D eigenvalue weighted by Crippen LogP contribution is -2.48. The molecule has 1 unspecified atom stereocenters. The molecule has 3 nitrogen and oxygen atoms in total. The molecular weight excluding hydrogens is 236 g/mol. The van der Waals surface area contributed by atoms with Gasteiger partial charge in [-0.1, -0.05) is 36.7 Å². The van der Waals surface area contributed by atoms with Crippen molar-refractivity contribution < 1.29 is 14.3 Å². The largest absolute Gasteiger partial charge is 0.468 e. The van der Waals surface area contributed by atoms with Gasteiger partial charge >= 0.3 is 5.97 Å². The molecule has 0 saturated carbocycles. The van der Waals surface area contributed by atoms with Gasteiger partial charge in [0.15, 0.2) is 4.32 Å². The highest BCUT2D eigenvalue weighted by atomic mass is 79.9. The van der Waals surface area contributed by atoms with Crippen LogP contribution in [0.3, 0.4) is 0 Å². The number of carbonyl (C=O) groups excluding carboxylic acids is 1. The van der Waals surface area contributed by atoms with E-state index in [4.69, 9.17) is 9.47 Å². The number of hydrogen-bond donors (Lipinski definition) is 0. The molecule has 13 heavy (non-hydrogen) atoms. The molecule has 0 rings (SSSR count). The van der Waals surface area contributed by atoms with Crippen LogP contribution in [0, 0.1) is 5.41 Å². The molecule has 0 heterocycles. The number of halogens is 1. The maximum Gasteiger partial charge on any atom is 0.325 e. The minimum atomic E-state index is -0.774. The second-order valence-electron chi connectivity index (χ2n) is 3.98. The van der Waals surface area contributed by atoms with Crippen molar-refractivity contribution in [2.24, 2.45) is 5.41 Å². The van der Waals surface area contributed by atoms with Crippen LogP contribution < -0.4 is 0 Å². The van der Waals surface area contributed by atoms with E-state index in [1.165, 1.54) is 7.11 Å². The summed E-state index contributed by atoms with van der Waals surface area (Å²) in [6.45, 7) is 6.16. The Bertz CT molecular complexity index is 186. The Morgan fingerprint density at radius 3 is 2.00 bits per heavy atom. The third kappa shape index (κ3) is 2.68. The molecule has 0 amide bonds. The van der Waals surface area contributed by atoms with Gasteiger partial charge in [-0.2, -0.15) is 0 Å². The van der Waals surface area contributed by atoms with Gasteiger partial charge in [0.25, 0.3) is 0 Å². The van der Waals surface area contributed by atoms with Gasteiger partial charge in [0.05, 0.1) is 13.7 Å². The number of methoxy groups -OCH3 is 2. The molecule has 0 N–H and O–H groups in total. The molecule has 1 atom stereocenters. The van der Waals surface area contributed by atoms with Gasteiger partial charge in [0, 0.05) is 7.11 Å². The van der Waals surface area contributed by atoms with Crippen molar-refractivity contribution in [1.29, 1.82) is 0 Å². The molecule has 0 aromatic rings. The van der Waals surface area contributed by atoms with E-state index >= 15 is 0 Å². The molecule has 0 radical (unpaired) electrons. The standard InChI is InChI=1S/C9H17BrO3/c1-8(2,3)9(10,6-12-4)7(11)13-5/h6H2,1-5H3. The van der Waals surface area contributed by atoms with E-state index in [0.717, 1.165) is 0 Å². The first-order valence-electron chi connectivity index (χ1n) is 4.06. The quantitative estimate of drug-likeness (QED) is 0.570. The zero-order valence-corrected chi connectivity index (χ0v) is 10.4. The second kappa shape index (κ2) is 4.42. The lowest BCUT2D eigenvalue weighted by atomic mass is 9.81. The molecule has 0 aliphatic carbocycles. The Labute approximate surface area is 87.9 Å². The van der Waals surface area contributed by atoms with E-state index in [2.05, 4.69) is 15.9 Å². The SMILES string of the molecule is COCC(Br)(C(=O)OC)C(C)(C)C. The van der Waals surface area contributed by atoms with Crippen molar-refractivity contribution in [3.05, 3.63) is 0 Å². The Kier molecular flexibility index (Phi) is 4.39. The summed E-state index contributed by atoms with van der Waals surface area (Å²) >= 11 is 3.39. The Balaban J connectivity index is 4.83. The fraction of sp³-hybridized carbons (Fsp3) is 0.889. The van der Waals surface area contributed by atoms with Crippen LogP contribution in [0.1, 0.15) is 20.8 Å². The highest BCUT2D eigenvalue weighted by Gasteiger charge is 2.47. The minimum absolute atomic E-state index is 0.254. The summed E-state index contributed by atoms with van der Waals surface area (Å²) < 4.78 is 8.96. The second-order valence-corrected chi connectivity index (χ2v) is 5.33. The normalized spacial score (nSPS) is 16.5. The Hall–Kier alpha value is -0.0900. The Morgan fingerprint density at radius 2 is 1.77 bits per heavy atom. The molecule has 0 aliphatic heterocycles. The fourth-order valence-corrected chi connectivity index (χ4v) is 1.33. The van der Waals surface area contributed by atoms with E-state index < -0.39 is 4.32 Å². The molecular formula is C9H17BrO3. The van der Waals surface area contributed by atoms with Crippen molar-refractivity contribution in [2.45, 2.75) is 25.1 Å². The zero-order chi connectivity index (χ0) is 10.7. The van der Waals surface area contributed by atoms with Crippen molar-refractivity contribution in [3.8, 4) is 0 Å². The lowest BCUT2D eigenvalue weighted by Gasteiger charge is -2.36. The smallest absolute Gasteiger partial charge is 0.325 e. The predicted molar refractivity (Wildman–Crippen MR) is 55.0 cm³/mol. The summed E-state index contributed by atoms with van der Waals surface area (Å²) in [6, 6.07) is 0. The zero-order valence-electron chi connectivity index (χ0n) is 8.81. The number of rotatable bonds is 3. The van der Waals surface area contributed by atoms with Crippen LogP contribution >= 0.6 is 15.9 Å². The van der Waals surface area contributed by atoms with Gasteiger partial charge in [0.1, 0.15) is 0 Å². The maximum atomic E-state index is 11.5. The predicted octanol–water partition coefficient (Wildman–Crippen LogP) is 1.99. The van der Waals surface area contributed by atoms with Crippen LogP contribution in [0.25, 0.3) is 0 Å². The molecule has 0 aromatic carbocycles. The average Bonchev–Trinajstić information content (AvgIpc) is 2.01. The van der Waals surface area contributed by atoms with E-state index in [0.29, 0.717) is 6.61 Å². The van der Waals surface area contributed by atoms with E-state index in [1.54, 1.807) is 7.11 Å². The highest BCUT2D eigenvalue weighted by molar-refractivity contribution is 9.10. The maximum absolute atomic E-state index is 11.5. The van der Waals surface area contributed by atoms with E-state index in [-0.39, 0.29) is 11.4 Å². The van der Waals surface area contributed by atoms with Crippen LogP contribution in [0.15, 0.2) is 0 Å². The van der Waals surface area contributed by atoms with Crippen LogP contribution in [-0.2, 0) is 14.3 Å². The molecule has 0 aliphatic rings. The van der Waals surface area contributed by atoms with Gasteiger partial charge < -0.3 is 9.47 Å². The van der Waals surface area contributed by atoms with Crippen LogP contribution in [-0.4, -0.2) is 31.1 Å². The van der Waals surface area contributed by atoms with Crippen LogP contribution in [0.2, 0.25) is 0 Å². The first kappa shape index (κ1) is 12.9. The minimum Gasteiger partial charge on any atom is -0.468 e. The summed E-state index contributed by atoms with van der Waals surface area (Å²) in [5.74, 6) is -0.304. The fourth-order valence-electron chi connectivity index (χ4n) is 0.942. The third-order valence-corrected chi connectivity index (χ3v) is 3.78. The van der Waals surface area contributed by atoms with E-state index in [9.17, 15) is 4.79 Å². The highest BCUT2D eigenvalue weighted by Crippen LogP contribution is 2.39. The van der Waals surface area contributed by atoms with Crippen molar-refractivity contribution >= 4 is 21.9 Å². The molecule has 0 bridgehead atoms. The van der Waals surface area contributed by atoms with Gasteiger partial charge in [-0.3, -0.25) is 4.79 Å². The number of esters is 1. The van der Waals surface area contributed by atoms with Crippen molar-refractivity contribution in [3.63, 3.8) is 0 Å². The molecule has 0 aromatic heterocycles. The average molecular weight is 253 g/mol. The summed E-state index contributed by atoms with van der Waals surface area (Å²) in [4.78, 5) is 11.5. The van der Waals surface area contributed by atoms with E-state index in [1.807, 2.05) is 20.8 Å². The van der Waals surface area contributed by atoms with Crippen LogP contribution in [0.4, 0.5) is 0 Å². The van der Waals surface area contributed by atoms with Gasteiger partial charge in [-0.05, 0) is 5.41 Å². The van der Waals surface area contributed by atoms with Gasteiger partial charge in [-0.15, -0.1) is 0 Å². The summed E-state index contributed by atoms with van der Waals surface area (Å²) in [5.41, 5.74) is -0.254. The number of alkyl halides is 1.